The number of carboxylic acid groups (broad SMARTS) is 3. The van der Waals surface area contributed by atoms with Gasteiger partial charge in [0.15, 0.2) is 0 Å². The molecule has 0 aliphatic carbocycles. The van der Waals surface area contributed by atoms with E-state index in [0.29, 0.717) is 117 Å². The number of alkyl carbamates (subject to hydrolysis) is 1. The monoisotopic (exact) mass is 2080 g/mol. The second-order valence-electron chi connectivity index (χ2n) is 32.6. The van der Waals surface area contributed by atoms with Crippen LogP contribution in [0.4, 0.5) is 9.59 Å². The molecule has 142 heavy (non-hydrogen) atoms. The molecule has 1 saturated heterocycles. The third-order valence-corrected chi connectivity index (χ3v) is 17.2. The molecule has 0 saturated carbocycles. The number of nitrogens with two attached hydrogens (primary N) is 2. The van der Waals surface area contributed by atoms with E-state index in [2.05, 4.69) is 47.3 Å². The molecule has 1 fully saturated rings. The molecule has 5 aromatic rings. The number of ether oxygens (including phenoxy) is 5. The van der Waals surface area contributed by atoms with Crippen LogP contribution in [0.15, 0.2) is 152 Å². The van der Waals surface area contributed by atoms with Gasteiger partial charge in [-0.05, 0) is 174 Å². The number of benzene rings is 5. The van der Waals surface area contributed by atoms with Gasteiger partial charge in [0.1, 0.15) is 43.2 Å². The molecular weight excluding hydrogens is 1930 g/mol. The van der Waals surface area contributed by atoms with Crippen molar-refractivity contribution in [2.75, 3.05) is 78.4 Å². The Kier molecular flexibility index (Phi) is 102. The van der Waals surface area contributed by atoms with Gasteiger partial charge in [0.2, 0.25) is 37.4 Å². The van der Waals surface area contributed by atoms with Crippen molar-refractivity contribution in [1.29, 1.82) is 5.26 Å². The first-order chi connectivity index (χ1) is 66.4. The number of hydrogen-bond donors (Lipinski definition) is 6. The number of esters is 3. The summed E-state index contributed by atoms with van der Waals surface area (Å²) in [6.07, 6.45) is 12.4. The number of carboxylic acids is 3. The minimum atomic E-state index is -1.02. The van der Waals surface area contributed by atoms with Crippen LogP contribution in [0.1, 0.15) is 259 Å². The van der Waals surface area contributed by atoms with Gasteiger partial charge in [0, 0.05) is 90.0 Å². The molecule has 5 aromatic carbocycles. The van der Waals surface area contributed by atoms with Gasteiger partial charge in [-0.1, -0.05) is 165 Å². The number of nitrogens with zero attached hydrogens (tertiary/aromatic N) is 8. The van der Waals surface area contributed by atoms with Crippen molar-refractivity contribution in [3.63, 3.8) is 0 Å². The van der Waals surface area contributed by atoms with Gasteiger partial charge in [-0.15, -0.1) is 24.0 Å². The third kappa shape index (κ3) is 99.8. The van der Waals surface area contributed by atoms with Gasteiger partial charge in [-0.3, -0.25) is 67.3 Å². The van der Waals surface area contributed by atoms with E-state index in [1.807, 2.05) is 187 Å². The molecule has 6 rings (SSSR count). The third-order valence-electron chi connectivity index (χ3n) is 16.9. The Balaban J connectivity index is -0.000000248. The van der Waals surface area contributed by atoms with Crippen LogP contribution in [-0.2, 0) is 129 Å². The van der Waals surface area contributed by atoms with E-state index in [1.54, 1.807) is 27.7 Å². The zero-order chi connectivity index (χ0) is 105. The largest absolute Gasteiger partial charge is 1.00 e. The molecule has 1 heterocycles. The normalized spacial score (nSPS) is 10.4. The fraction of sp³-hybridized carbons (Fsp3) is 0.545. The van der Waals surface area contributed by atoms with Crippen molar-refractivity contribution in [1.82, 2.24) is 25.6 Å². The number of amides is 5. The minimum absolute atomic E-state index is 0. The van der Waals surface area contributed by atoms with E-state index >= 15 is 0 Å². The first-order valence-electron chi connectivity index (χ1n) is 46.1. The maximum absolute atomic E-state index is 12.3. The number of hydrogen-bond acceptors (Lipinski definition) is 26. The molecule has 0 aromatic heterocycles. The molecule has 0 radical (unpaired) electrons. The summed E-state index contributed by atoms with van der Waals surface area (Å²) in [5.41, 5.74) is 13.5. The van der Waals surface area contributed by atoms with Crippen LogP contribution >= 0.6 is 24.0 Å². The predicted molar refractivity (Wildman–Crippen MR) is 530 cm³/mol. The fourth-order valence-corrected chi connectivity index (χ4v) is 10.4. The molecular formula is C101H151Cl2K2N11O26. The Morgan fingerprint density at radius 3 is 1.07 bits per heavy atom. The van der Waals surface area contributed by atoms with Gasteiger partial charge < -0.3 is 81.9 Å². The summed E-state index contributed by atoms with van der Waals surface area (Å²) in [5.74, 6) is -4.26. The maximum Gasteiger partial charge on any atom is 1.00 e. The molecule has 41 heteroatoms. The number of rotatable bonds is 52. The van der Waals surface area contributed by atoms with Crippen LogP contribution in [0.2, 0.25) is 0 Å². The van der Waals surface area contributed by atoms with Gasteiger partial charge in [-0.2, -0.15) is 10.3 Å². The number of halogens is 2. The summed E-state index contributed by atoms with van der Waals surface area (Å²) in [6.45, 7) is 45.0. The Hall–Kier alpha value is -8.97. The van der Waals surface area contributed by atoms with Crippen molar-refractivity contribution in [3.8, 4) is 6.07 Å². The zero-order valence-corrected chi connectivity index (χ0v) is 93.1. The van der Waals surface area contributed by atoms with Crippen LogP contribution < -0.4 is 125 Å². The Labute approximate surface area is 937 Å². The quantitative estimate of drug-likeness (QED) is 0.00201. The number of alkyl halides is 1. The topological polar surface area (TPSA) is 495 Å². The second kappa shape index (κ2) is 99.4. The Morgan fingerprint density at radius 1 is 0.479 bits per heavy atom. The number of nitriles is 1. The molecule has 0 bridgehead atoms. The number of cyclic esters (lactones) is 2. The first-order valence-corrected chi connectivity index (χ1v) is 46.6. The average Bonchev–Trinajstić information content (AvgIpc) is 1.40. The van der Waals surface area contributed by atoms with E-state index < -0.39 is 53.2 Å². The minimum Gasteiger partial charge on any atom is -1.00 e. The molecule has 0 unspecified atom stereocenters. The van der Waals surface area contributed by atoms with Gasteiger partial charge in [0.25, 0.3) is 6.47 Å². The van der Waals surface area contributed by atoms with Crippen LogP contribution in [0.25, 0.3) is 14.5 Å². The smallest absolute Gasteiger partial charge is 1.00 e. The predicted octanol–water partition coefficient (Wildman–Crippen LogP) is 11.4. The number of unbranched alkanes of at least 4 members (excludes halogenated alkanes) is 10. The SMILES string of the molecule is CC(C)(C)OC(=O)NCCCCCN(OCc1ccccc1)C(=O)CCC(=O)O.CCC(=O)OC(C)(C)C.CN.Cl.N#CCCCCCl.NCCCCCN(OCc1ccccc1)C(=O)CCC(=O)O.O=C1CCC(=O)O1.O=CO[O-].[C-]#[N+]CCCCCOCc1ccccc1.[C-]#[N+]CCCCN(OCc1ccccc1)C(=O)CCC(=O)O.[C-]#[N+]CCCCN(OCc1ccccc1)C(=O)OC(C)(C)C.[H-].[K+].[K+]. The first kappa shape index (κ1) is 146. The van der Waals surface area contributed by atoms with Crippen molar-refractivity contribution < 1.29 is 230 Å². The molecule has 1 aliphatic heterocycles. The number of nitrogens with one attached hydrogen (secondary N) is 1. The summed E-state index contributed by atoms with van der Waals surface area (Å²) in [7, 11) is 1.50. The number of carbonyl (C=O) groups is 12. The van der Waals surface area contributed by atoms with E-state index in [4.69, 9.17) is 106 Å². The van der Waals surface area contributed by atoms with E-state index in [9.17, 15) is 52.7 Å². The molecule has 37 nitrogen and oxygen atoms in total. The fourth-order valence-electron chi connectivity index (χ4n) is 10.2. The molecule has 1 aliphatic rings. The molecule has 0 spiro atoms. The van der Waals surface area contributed by atoms with Gasteiger partial charge in [-0.25, -0.2) is 44.5 Å². The molecule has 5 amide bonds. The van der Waals surface area contributed by atoms with Crippen LogP contribution in [0, 0.1) is 31.0 Å². The number of carbonyl (C=O) groups excluding carboxylic acids is 9. The molecule has 782 valence electrons. The Bertz CT molecular complexity index is 4260. The van der Waals surface area contributed by atoms with Crippen molar-refractivity contribution >= 4 is 96.2 Å². The molecule has 8 N–H and O–H groups in total. The summed E-state index contributed by atoms with van der Waals surface area (Å²) < 4.78 is 25.1. The van der Waals surface area contributed by atoms with Crippen LogP contribution in [-0.4, -0.2) is 203 Å². The Morgan fingerprint density at radius 2 is 0.789 bits per heavy atom. The summed E-state index contributed by atoms with van der Waals surface area (Å²) in [4.78, 5) is 166. The van der Waals surface area contributed by atoms with Crippen molar-refractivity contribution in [3.05, 3.63) is 214 Å². The standard InChI is InChI=1S/C21H32N2O6.C17H24N2O3.C16H20N2O4.C16H24N2O4.C13H17NO.C7H14O2.C5H8ClN.C4H4O3.CH5N.CH2O3.ClH.2K.H/c1-21(2,3)29-20(27)22-14-8-5-9-15-23(18(24)12-13-19(25)26)28-16-17-10-6-4-7-11-17;1-17(2,3)22-16(20)19(13-9-8-12-18-4)21-14-15-10-6-5-7-11-15;1-17-11-5-6-12-18(15(19)9-10-16(20)21)22-13-14-7-3-2-4-8-14;17-11-5-2-6-12-18(15(19)9-10-16(20)21)22-13-14-7-3-1-4-8-14;1-14-10-6-3-7-11-15-12-13-8-4-2-5-9-13;1-5-6(8)9-7(2,3)4;6-4-2-1-3-5-7;5-3-1-2-4(6)7-3;1-2;2-1-4-3;;;;/h4,6-7,10-11H,5,8-9,12-16H2,1-3H3,(H,22,27)(H,25,26);5-7,10-11H,8-9,12-14H2,1-3H3;2-4,7-8H,5-6,9-13H2,(H,20,21);1,3-4,7-8H,2,5-6,9-13,17H2,(H,20,21);2,4-5,8-9H,3,6-7,10-12H2;5H2,1-4H3;1-4H2;1-2H2;2H2,1H3;1,3H;1H;;;/q;;;;;;;;;;;2*+1;-1/p-1. The number of hydroxylamine groups is 8. The second-order valence-corrected chi connectivity index (χ2v) is 32.9. The average molecular weight is 2080 g/mol. The molecule has 0 atom stereocenters. The van der Waals surface area contributed by atoms with E-state index in [0.717, 1.165) is 99.5 Å². The summed E-state index contributed by atoms with van der Waals surface area (Å²) >= 11 is 5.33. The van der Waals surface area contributed by atoms with Gasteiger partial charge >= 0.3 is 151 Å². The van der Waals surface area contributed by atoms with Gasteiger partial charge in [0.05, 0.1) is 51.3 Å². The van der Waals surface area contributed by atoms with Crippen molar-refractivity contribution in [2.45, 2.75) is 280 Å². The van der Waals surface area contributed by atoms with Crippen LogP contribution in [0.5, 0.6) is 0 Å². The van der Waals surface area contributed by atoms with E-state index in [1.165, 1.54) is 32.9 Å². The summed E-state index contributed by atoms with van der Waals surface area (Å²) in [5, 5.41) is 50.2. The summed E-state index contributed by atoms with van der Waals surface area (Å²) in [6, 6.07) is 50.3. The van der Waals surface area contributed by atoms with E-state index in [-0.39, 0.29) is 224 Å². The number of aliphatic carboxylic acids is 3. The van der Waals surface area contributed by atoms with Crippen molar-refractivity contribution in [2.24, 2.45) is 11.5 Å². The van der Waals surface area contributed by atoms with Crippen LogP contribution in [0.3, 0.4) is 0 Å². The zero-order valence-electron chi connectivity index (χ0n) is 86.3. The maximum atomic E-state index is 12.3.